The van der Waals surface area contributed by atoms with Crippen molar-refractivity contribution in [3.8, 4) is 5.75 Å². The predicted octanol–water partition coefficient (Wildman–Crippen LogP) is 3.41. The second-order valence-electron chi connectivity index (χ2n) is 5.74. The molecule has 1 N–H and O–H groups in total. The number of rotatable bonds is 7. The average molecular weight is 424 g/mol. The van der Waals surface area contributed by atoms with Crippen LogP contribution in [0, 0.1) is 0 Å². The Hall–Kier alpha value is -1.98. The Kier molecular flexibility index (Phi) is 6.12. The summed E-state index contributed by atoms with van der Waals surface area (Å²) in [7, 11) is -4.27. The van der Waals surface area contributed by atoms with Gasteiger partial charge >= 0.3 is 12.4 Å². The number of sulfonamides is 1. The molecule has 0 saturated carbocycles. The second kappa shape index (κ2) is 8.36. The average Bonchev–Trinajstić information content (AvgIpc) is 3.09. The molecule has 1 aliphatic rings. The van der Waals surface area contributed by atoms with Crippen molar-refractivity contribution in [1.29, 1.82) is 0 Å². The van der Waals surface area contributed by atoms with Crippen molar-refractivity contribution in [3.63, 3.8) is 0 Å². The van der Waals surface area contributed by atoms with Gasteiger partial charge in [-0.3, -0.25) is 0 Å². The smallest absolute Gasteiger partial charge is 0.329 e. The summed E-state index contributed by atoms with van der Waals surface area (Å²) in [4.78, 5) is -0.289. The molecule has 1 aromatic heterocycles. The number of ether oxygens (including phenoxy) is 2. The maximum Gasteiger partial charge on any atom is 0.329 e. The highest BCUT2D eigenvalue weighted by atomic mass is 35.5. The Bertz CT molecular complexity index is 887. The molecule has 0 radical (unpaired) electrons. The van der Waals surface area contributed by atoms with Gasteiger partial charge in [-0.15, -0.1) is 5.10 Å². The molecule has 0 spiro atoms. The zero-order valence-electron chi connectivity index (χ0n) is 13.9. The summed E-state index contributed by atoms with van der Waals surface area (Å²) >= 11 is 5.90. The van der Waals surface area contributed by atoms with Crippen molar-refractivity contribution in [2.24, 2.45) is 0 Å². The molecule has 2 aromatic rings. The van der Waals surface area contributed by atoms with Crippen molar-refractivity contribution in [3.05, 3.63) is 29.1 Å². The molecule has 1 fully saturated rings. The maximum absolute atomic E-state index is 12.6. The van der Waals surface area contributed by atoms with Crippen LogP contribution in [0.2, 0.25) is 5.02 Å². The topological polar surface area (TPSA) is 104 Å². The van der Waals surface area contributed by atoms with Gasteiger partial charge in [0.05, 0.1) is 6.10 Å². The minimum Gasteiger partial charge on any atom is -0.489 e. The Morgan fingerprint density at radius 3 is 2.81 bits per heavy atom. The van der Waals surface area contributed by atoms with E-state index in [4.69, 9.17) is 21.1 Å². The molecule has 27 heavy (non-hydrogen) atoms. The van der Waals surface area contributed by atoms with E-state index in [1.54, 1.807) is 0 Å². The van der Waals surface area contributed by atoms with Crippen molar-refractivity contribution < 1.29 is 31.1 Å². The van der Waals surface area contributed by atoms with Gasteiger partial charge in [-0.05, 0) is 37.5 Å². The van der Waals surface area contributed by atoms with Crippen molar-refractivity contribution >= 4 is 27.6 Å². The van der Waals surface area contributed by atoms with Gasteiger partial charge in [-0.25, -0.2) is 13.1 Å². The summed E-state index contributed by atoms with van der Waals surface area (Å²) in [5, 5.41) is 6.45. The highest BCUT2D eigenvalue weighted by molar-refractivity contribution is 7.92. The molecular weight excluding hydrogens is 408 g/mol. The largest absolute Gasteiger partial charge is 0.489 e. The van der Waals surface area contributed by atoms with E-state index in [0.29, 0.717) is 6.61 Å². The SMILES string of the molecule is O=S(=O)(Nc1nnc(C(F)F)o1)c1cc(Cl)ccc1OC[C@H]1CCCCO1. The van der Waals surface area contributed by atoms with Gasteiger partial charge in [-0.1, -0.05) is 16.7 Å². The lowest BCUT2D eigenvalue weighted by atomic mass is 10.1. The third-order valence-electron chi connectivity index (χ3n) is 3.74. The molecule has 12 heteroatoms. The summed E-state index contributed by atoms with van der Waals surface area (Å²) in [6.45, 7) is 0.797. The van der Waals surface area contributed by atoms with Crippen molar-refractivity contribution in [2.75, 3.05) is 17.9 Å². The van der Waals surface area contributed by atoms with Crippen LogP contribution in [0.25, 0.3) is 0 Å². The van der Waals surface area contributed by atoms with E-state index >= 15 is 0 Å². The maximum atomic E-state index is 12.6. The molecule has 0 amide bonds. The van der Waals surface area contributed by atoms with Crippen molar-refractivity contribution in [1.82, 2.24) is 10.2 Å². The number of nitrogens with one attached hydrogen (secondary N) is 1. The number of anilines is 1. The van der Waals surface area contributed by atoms with Gasteiger partial charge < -0.3 is 13.9 Å². The lowest BCUT2D eigenvalue weighted by Crippen LogP contribution is -2.26. The van der Waals surface area contributed by atoms with E-state index in [-0.39, 0.29) is 28.4 Å². The zero-order chi connectivity index (χ0) is 19.4. The fourth-order valence-electron chi connectivity index (χ4n) is 2.47. The van der Waals surface area contributed by atoms with Gasteiger partial charge in [0.2, 0.25) is 0 Å². The number of hydrogen-bond acceptors (Lipinski definition) is 7. The van der Waals surface area contributed by atoms with Gasteiger partial charge in [0, 0.05) is 11.6 Å². The first-order valence-electron chi connectivity index (χ1n) is 8.03. The summed E-state index contributed by atoms with van der Waals surface area (Å²) in [6.07, 6.45) is -0.359. The summed E-state index contributed by atoms with van der Waals surface area (Å²) < 4.78 is 67.9. The first-order chi connectivity index (χ1) is 12.8. The van der Waals surface area contributed by atoms with E-state index < -0.39 is 28.4 Å². The standard InChI is InChI=1S/C15H16ClF2N3O5S/c16-9-4-5-11(25-8-10-3-1-2-6-24-10)12(7-9)27(22,23)21-15-20-19-14(26-15)13(17)18/h4-5,7,10,13H,1-3,6,8H2,(H,20,21)/t10-/m1/s1. The number of nitrogens with zero attached hydrogens (tertiary/aromatic N) is 2. The van der Waals surface area contributed by atoms with E-state index in [1.165, 1.54) is 18.2 Å². The Morgan fingerprint density at radius 2 is 2.15 bits per heavy atom. The van der Waals surface area contributed by atoms with Crippen LogP contribution in [0.5, 0.6) is 5.75 Å². The third-order valence-corrected chi connectivity index (χ3v) is 5.32. The fourth-order valence-corrected chi connectivity index (χ4v) is 3.80. The van der Waals surface area contributed by atoms with Gasteiger partial charge in [-0.2, -0.15) is 8.78 Å². The number of aromatic nitrogens is 2. The third kappa shape index (κ3) is 5.05. The predicted molar refractivity (Wildman–Crippen MR) is 90.6 cm³/mol. The molecule has 148 valence electrons. The number of hydrogen-bond donors (Lipinski definition) is 1. The highest BCUT2D eigenvalue weighted by Crippen LogP contribution is 2.30. The molecule has 1 atom stereocenters. The summed E-state index contributed by atoms with van der Waals surface area (Å²) in [6, 6.07) is 3.36. The first kappa shape index (κ1) is 19.8. The van der Waals surface area contributed by atoms with E-state index in [2.05, 4.69) is 14.6 Å². The Morgan fingerprint density at radius 1 is 1.33 bits per heavy atom. The van der Waals surface area contributed by atoms with E-state index in [1.807, 2.05) is 4.72 Å². The van der Waals surface area contributed by atoms with Crippen LogP contribution < -0.4 is 9.46 Å². The van der Waals surface area contributed by atoms with Crippen LogP contribution in [0.1, 0.15) is 31.6 Å². The molecule has 3 rings (SSSR count). The summed E-state index contributed by atoms with van der Waals surface area (Å²) in [5.74, 6) is -0.959. The normalized spacial score (nSPS) is 17.9. The Balaban J connectivity index is 1.79. The molecule has 8 nitrogen and oxygen atoms in total. The molecule has 1 aliphatic heterocycles. The molecular formula is C15H16ClF2N3O5S. The minimum absolute atomic E-state index is 0.0367. The van der Waals surface area contributed by atoms with Gasteiger partial charge in [0.1, 0.15) is 17.3 Å². The minimum atomic E-state index is -4.27. The first-order valence-corrected chi connectivity index (χ1v) is 9.89. The summed E-state index contributed by atoms with van der Waals surface area (Å²) in [5.41, 5.74) is 0. The van der Waals surface area contributed by atoms with Crippen LogP contribution in [-0.2, 0) is 14.8 Å². The van der Waals surface area contributed by atoms with Gasteiger partial charge in [0.15, 0.2) is 0 Å². The fraction of sp³-hybridized carbons (Fsp3) is 0.467. The van der Waals surface area contributed by atoms with E-state index in [0.717, 1.165) is 19.3 Å². The van der Waals surface area contributed by atoms with Crippen LogP contribution in [-0.4, -0.2) is 37.9 Å². The van der Waals surface area contributed by atoms with E-state index in [9.17, 15) is 17.2 Å². The molecule has 0 unspecified atom stereocenters. The molecule has 1 aromatic carbocycles. The molecule has 0 bridgehead atoms. The molecule has 0 aliphatic carbocycles. The number of benzene rings is 1. The second-order valence-corrected chi connectivity index (χ2v) is 7.83. The monoisotopic (exact) mass is 423 g/mol. The number of alkyl halides is 2. The lowest BCUT2D eigenvalue weighted by molar-refractivity contribution is -0.0116. The van der Waals surface area contributed by atoms with Crippen molar-refractivity contribution in [2.45, 2.75) is 36.7 Å². The molecule has 2 heterocycles. The zero-order valence-corrected chi connectivity index (χ0v) is 15.5. The van der Waals surface area contributed by atoms with Gasteiger partial charge in [0.25, 0.3) is 15.9 Å². The highest BCUT2D eigenvalue weighted by Gasteiger charge is 2.25. The van der Waals surface area contributed by atoms with Crippen LogP contribution >= 0.6 is 11.6 Å². The van der Waals surface area contributed by atoms with Crippen LogP contribution in [0.4, 0.5) is 14.8 Å². The number of halogens is 3. The van der Waals surface area contributed by atoms with Crippen LogP contribution in [0.3, 0.4) is 0 Å². The Labute approximate surface area is 158 Å². The van der Waals surface area contributed by atoms with Crippen LogP contribution in [0.15, 0.2) is 27.5 Å². The quantitative estimate of drug-likeness (QED) is 0.727. The molecule has 1 saturated heterocycles. The lowest BCUT2D eigenvalue weighted by Gasteiger charge is -2.23.